The van der Waals surface area contributed by atoms with Gasteiger partial charge in [0.25, 0.3) is 0 Å². The molecule has 47 heavy (non-hydrogen) atoms. The van der Waals surface area contributed by atoms with Gasteiger partial charge in [-0.25, -0.2) is 19.9 Å². The minimum absolute atomic E-state index is 0.600. The number of thiophene rings is 1. The maximum Gasteiger partial charge on any atom is 0.164 e. The van der Waals surface area contributed by atoms with Gasteiger partial charge in [0.05, 0.1) is 10.2 Å². The van der Waals surface area contributed by atoms with E-state index in [0.29, 0.717) is 17.5 Å². The van der Waals surface area contributed by atoms with E-state index >= 15 is 0 Å². The van der Waals surface area contributed by atoms with Crippen LogP contribution in [0, 0.1) is 0 Å². The lowest BCUT2D eigenvalue weighted by Crippen LogP contribution is -2.00. The van der Waals surface area contributed by atoms with Gasteiger partial charge in [0.2, 0.25) is 0 Å². The van der Waals surface area contributed by atoms with Gasteiger partial charge in [0, 0.05) is 53.2 Å². The number of nitrogens with zero attached hydrogens (tertiary/aromatic N) is 4. The maximum atomic E-state index is 6.23. The van der Waals surface area contributed by atoms with Crippen LogP contribution in [0.2, 0.25) is 0 Å². The van der Waals surface area contributed by atoms with Crippen LogP contribution in [0.25, 0.3) is 97.1 Å². The molecular formula is C40H22N4OS2. The lowest BCUT2D eigenvalue weighted by atomic mass is 10.0. The summed E-state index contributed by atoms with van der Waals surface area (Å²) < 4.78 is 9.82. The summed E-state index contributed by atoms with van der Waals surface area (Å²) in [6, 6.07) is 45.8. The van der Waals surface area contributed by atoms with Crippen molar-refractivity contribution in [2.75, 3.05) is 0 Å². The van der Waals surface area contributed by atoms with Gasteiger partial charge in [-0.2, -0.15) is 0 Å². The predicted molar refractivity (Wildman–Crippen MR) is 195 cm³/mol. The van der Waals surface area contributed by atoms with Crippen molar-refractivity contribution in [3.63, 3.8) is 0 Å². The molecule has 6 aromatic carbocycles. The minimum atomic E-state index is 0.600. The number of benzene rings is 6. The Morgan fingerprint density at radius 2 is 1.17 bits per heavy atom. The Morgan fingerprint density at radius 1 is 0.426 bits per heavy atom. The monoisotopic (exact) mass is 638 g/mol. The average molecular weight is 639 g/mol. The third-order valence-electron chi connectivity index (χ3n) is 8.58. The minimum Gasteiger partial charge on any atom is -0.456 e. The van der Waals surface area contributed by atoms with E-state index in [4.69, 9.17) is 24.4 Å². The quantitative estimate of drug-likeness (QED) is 0.192. The van der Waals surface area contributed by atoms with Gasteiger partial charge in [0.1, 0.15) is 16.2 Å². The molecule has 0 fully saturated rings. The van der Waals surface area contributed by atoms with E-state index in [2.05, 4.69) is 72.8 Å². The molecule has 0 saturated heterocycles. The molecule has 0 saturated carbocycles. The van der Waals surface area contributed by atoms with Crippen LogP contribution in [0.4, 0.5) is 0 Å². The number of hydrogen-bond acceptors (Lipinski definition) is 7. The van der Waals surface area contributed by atoms with Gasteiger partial charge < -0.3 is 4.42 Å². The Hall–Kier alpha value is -5.76. The number of thiazole rings is 1. The molecule has 0 radical (unpaired) electrons. The highest BCUT2D eigenvalue weighted by molar-refractivity contribution is 7.26. The molecule has 0 aliphatic heterocycles. The molecule has 0 unspecified atom stereocenters. The highest BCUT2D eigenvalue weighted by Crippen LogP contribution is 2.42. The molecule has 4 heterocycles. The number of rotatable bonds is 4. The first-order chi connectivity index (χ1) is 23.2. The number of para-hydroxylation sites is 2. The molecule has 0 atom stereocenters. The molecule has 0 aliphatic carbocycles. The normalized spacial score (nSPS) is 11.8. The highest BCUT2D eigenvalue weighted by atomic mass is 32.1. The number of fused-ring (bicyclic) bond motifs is 7. The van der Waals surface area contributed by atoms with Crippen LogP contribution in [0.3, 0.4) is 0 Å². The summed E-state index contributed by atoms with van der Waals surface area (Å²) in [5.41, 5.74) is 6.58. The first kappa shape index (κ1) is 26.5. The molecule has 0 amide bonds. The molecular weight excluding hydrogens is 617 g/mol. The van der Waals surface area contributed by atoms with Crippen molar-refractivity contribution in [2.24, 2.45) is 0 Å². The van der Waals surface area contributed by atoms with E-state index in [-0.39, 0.29) is 0 Å². The third kappa shape index (κ3) is 4.35. The zero-order chi connectivity index (χ0) is 30.9. The molecule has 220 valence electrons. The second-order valence-corrected chi connectivity index (χ2v) is 13.6. The zero-order valence-electron chi connectivity index (χ0n) is 24.7. The lowest BCUT2D eigenvalue weighted by molar-refractivity contribution is 0.669. The summed E-state index contributed by atoms with van der Waals surface area (Å²) in [6.45, 7) is 0. The molecule has 7 heteroatoms. The van der Waals surface area contributed by atoms with E-state index in [9.17, 15) is 0 Å². The van der Waals surface area contributed by atoms with Crippen LogP contribution in [-0.2, 0) is 0 Å². The van der Waals surface area contributed by atoms with Crippen LogP contribution in [0.5, 0.6) is 0 Å². The van der Waals surface area contributed by atoms with Crippen molar-refractivity contribution in [3.05, 3.63) is 133 Å². The topological polar surface area (TPSA) is 64.7 Å². The summed E-state index contributed by atoms with van der Waals surface area (Å²) in [5.74, 6) is 1.86. The van der Waals surface area contributed by atoms with E-state index < -0.39 is 0 Å². The predicted octanol–water partition coefficient (Wildman–Crippen LogP) is 11.4. The van der Waals surface area contributed by atoms with Gasteiger partial charge in [-0.15, -0.1) is 22.7 Å². The summed E-state index contributed by atoms with van der Waals surface area (Å²) in [5, 5.41) is 5.49. The van der Waals surface area contributed by atoms with E-state index in [1.807, 2.05) is 60.7 Å². The Bertz CT molecular complexity index is 2780. The van der Waals surface area contributed by atoms with Gasteiger partial charge >= 0.3 is 0 Å². The fraction of sp³-hybridized carbons (Fsp3) is 0. The van der Waals surface area contributed by atoms with E-state index in [0.717, 1.165) is 60.1 Å². The first-order valence-electron chi connectivity index (χ1n) is 15.3. The van der Waals surface area contributed by atoms with Crippen molar-refractivity contribution in [2.45, 2.75) is 0 Å². The van der Waals surface area contributed by atoms with Gasteiger partial charge in [-0.1, -0.05) is 84.9 Å². The van der Waals surface area contributed by atoms with Crippen molar-refractivity contribution >= 4 is 75.0 Å². The van der Waals surface area contributed by atoms with Crippen molar-refractivity contribution in [1.82, 2.24) is 19.9 Å². The molecule has 5 nitrogen and oxygen atoms in total. The van der Waals surface area contributed by atoms with Gasteiger partial charge in [0.15, 0.2) is 17.5 Å². The Balaban J connectivity index is 1.19. The average Bonchev–Trinajstić information content (AvgIpc) is 3.84. The van der Waals surface area contributed by atoms with Crippen molar-refractivity contribution < 1.29 is 4.42 Å². The molecule has 0 aliphatic rings. The van der Waals surface area contributed by atoms with Gasteiger partial charge in [-0.05, 0) is 48.5 Å². The van der Waals surface area contributed by atoms with E-state index in [1.165, 1.54) is 19.5 Å². The maximum absolute atomic E-state index is 6.23. The molecule has 0 N–H and O–H groups in total. The summed E-state index contributed by atoms with van der Waals surface area (Å²) >= 11 is 3.50. The van der Waals surface area contributed by atoms with Crippen LogP contribution in [-0.4, -0.2) is 19.9 Å². The lowest BCUT2D eigenvalue weighted by Gasteiger charge is -2.10. The molecule has 0 spiro atoms. The summed E-state index contributed by atoms with van der Waals surface area (Å²) in [4.78, 5) is 20.2. The van der Waals surface area contributed by atoms with Crippen LogP contribution in [0.15, 0.2) is 138 Å². The highest BCUT2D eigenvalue weighted by Gasteiger charge is 2.19. The second-order valence-electron chi connectivity index (χ2n) is 11.5. The van der Waals surface area contributed by atoms with Gasteiger partial charge in [-0.3, -0.25) is 0 Å². The Morgan fingerprint density at radius 3 is 2.09 bits per heavy atom. The largest absolute Gasteiger partial charge is 0.456 e. The van der Waals surface area contributed by atoms with Crippen LogP contribution < -0.4 is 0 Å². The standard InChI is InChI=1S/C40H22N4OS2/c1-2-9-23(10-3-1)37-42-38(24-17-19-27-26-11-4-6-14-31(26)45-32(27)22-24)44-39(43-37)28-12-8-16-35-36(28)29-21-25(18-20-33(29)46-35)40-41-30-13-5-7-15-34(30)47-40/h1-22H. The Labute approximate surface area is 276 Å². The summed E-state index contributed by atoms with van der Waals surface area (Å²) in [7, 11) is 0. The van der Waals surface area contributed by atoms with Crippen LogP contribution in [0.1, 0.15) is 0 Å². The molecule has 0 bridgehead atoms. The number of aromatic nitrogens is 4. The number of hydrogen-bond donors (Lipinski definition) is 0. The molecule has 4 aromatic heterocycles. The Kier molecular flexibility index (Phi) is 5.85. The third-order valence-corrected chi connectivity index (χ3v) is 10.8. The fourth-order valence-corrected chi connectivity index (χ4v) is 8.42. The van der Waals surface area contributed by atoms with Crippen molar-refractivity contribution in [1.29, 1.82) is 0 Å². The smallest absolute Gasteiger partial charge is 0.164 e. The fourth-order valence-electron chi connectivity index (χ4n) is 6.35. The van der Waals surface area contributed by atoms with Crippen molar-refractivity contribution in [3.8, 4) is 44.7 Å². The second kappa shape index (κ2) is 10.4. The molecule has 10 rings (SSSR count). The van der Waals surface area contributed by atoms with E-state index in [1.54, 1.807) is 22.7 Å². The zero-order valence-corrected chi connectivity index (χ0v) is 26.3. The van der Waals surface area contributed by atoms with Crippen LogP contribution >= 0.6 is 22.7 Å². The molecule has 10 aromatic rings. The summed E-state index contributed by atoms with van der Waals surface area (Å²) in [6.07, 6.45) is 0. The SMILES string of the molecule is c1ccc(-c2nc(-c3ccc4c(c3)oc3ccccc34)nc(-c3cccc4sc5ccc(-c6nc7ccccc7s6)cc5c34)n2)cc1. The number of furan rings is 1. The first-order valence-corrected chi connectivity index (χ1v) is 16.9.